The van der Waals surface area contributed by atoms with Crippen molar-refractivity contribution in [3.05, 3.63) is 0 Å². The number of carbonyl (C=O) groups excluding carboxylic acids is 3. The maximum Gasteiger partial charge on any atom is 0.364 e. The van der Waals surface area contributed by atoms with E-state index in [4.69, 9.17) is 37.9 Å². The van der Waals surface area contributed by atoms with E-state index in [1.54, 1.807) is 0 Å². The average Bonchev–Trinajstić information content (AvgIpc) is 3.24. The maximum atomic E-state index is 13.3. The predicted octanol–water partition coefficient (Wildman–Crippen LogP) is -10.5. The third-order valence-electron chi connectivity index (χ3n) is 11.2. The Bertz CT molecular complexity index is 1680. The molecule has 0 spiro atoms. The second-order valence-corrected chi connectivity index (χ2v) is 16.1. The number of nitrogens with one attached hydrogen (secondary N) is 2. The molecule has 380 valence electrons. The largest absolute Gasteiger partial charge is 0.477 e. The molecule has 0 aliphatic carbocycles. The number of esters is 1. The highest BCUT2D eigenvalue weighted by molar-refractivity contribution is 5.77. The smallest absolute Gasteiger partial charge is 0.364 e. The van der Waals surface area contributed by atoms with E-state index in [0.717, 1.165) is 20.8 Å². The molecule has 4 aliphatic heterocycles. The van der Waals surface area contributed by atoms with Crippen molar-refractivity contribution in [1.29, 1.82) is 0 Å². The minimum absolute atomic E-state index is 0.843. The van der Waals surface area contributed by atoms with Gasteiger partial charge in [-0.3, -0.25) is 14.4 Å². The third-order valence-corrected chi connectivity index (χ3v) is 11.2. The molecule has 17 N–H and O–H groups in total. The Labute approximate surface area is 372 Å². The molecule has 4 rings (SSSR count). The van der Waals surface area contributed by atoms with Crippen LogP contribution in [-0.4, -0.2) is 267 Å². The van der Waals surface area contributed by atoms with E-state index in [2.05, 4.69) is 10.6 Å². The molecule has 0 radical (unpaired) electrons. The molecule has 4 heterocycles. The van der Waals surface area contributed by atoms with E-state index in [0.29, 0.717) is 0 Å². The summed E-state index contributed by atoms with van der Waals surface area (Å²) in [4.78, 5) is 62.3. The molecule has 2 amide bonds. The predicted molar refractivity (Wildman–Crippen MR) is 201 cm³/mol. The van der Waals surface area contributed by atoms with Crippen LogP contribution in [0.3, 0.4) is 0 Å². The van der Waals surface area contributed by atoms with E-state index in [-0.39, 0.29) is 0 Å². The van der Waals surface area contributed by atoms with Gasteiger partial charge in [0.25, 0.3) is 11.6 Å². The fourth-order valence-electron chi connectivity index (χ4n) is 7.94. The molecule has 30 nitrogen and oxygen atoms in total. The number of aliphatic carboxylic acids is 2. The summed E-state index contributed by atoms with van der Waals surface area (Å²) in [7, 11) is 0. The topological polar surface area (TPSA) is 487 Å². The SMILES string of the molecule is CC(=O)N[C@H]1[C@H]([C@H](O)[C@H](O)CO)O[C@@](O[C@H](CO)[C@@H](O)[C@@H]2O[C@@](O[C@H]3[C@@H](O)[C@@H](COC(C)=O)O[C@@H](O[C@H]4[C@H](O)[C@@H](O)[C@H](O)O[C@@H]4CO)[C@@H]3O)(C(=O)O)C[C@H](O)[C@H]2NC(C)=O)(C(=O)O)C[C@@H]1O. The van der Waals surface area contributed by atoms with Crippen molar-refractivity contribution in [2.24, 2.45) is 0 Å². The number of carboxylic acid groups (broad SMARTS) is 2. The Kier molecular flexibility index (Phi) is 19.0. The number of aliphatic hydroxyl groups is 13. The first kappa shape index (κ1) is 55.1. The van der Waals surface area contributed by atoms with Crippen LogP contribution in [0.15, 0.2) is 0 Å². The second kappa shape index (κ2) is 22.8. The molecule has 4 fully saturated rings. The lowest BCUT2D eigenvalue weighted by Crippen LogP contribution is -2.72. The number of rotatable bonds is 19. The summed E-state index contributed by atoms with van der Waals surface area (Å²) in [5, 5.41) is 164. The average molecular weight is 967 g/mol. The molecule has 0 bridgehead atoms. The first-order chi connectivity index (χ1) is 30.8. The van der Waals surface area contributed by atoms with Crippen LogP contribution in [0.1, 0.15) is 33.6 Å². The zero-order valence-corrected chi connectivity index (χ0v) is 35.3. The summed E-state index contributed by atoms with van der Waals surface area (Å²) < 4.78 is 43.7. The maximum absolute atomic E-state index is 13.3. The van der Waals surface area contributed by atoms with Gasteiger partial charge in [0, 0.05) is 33.6 Å². The van der Waals surface area contributed by atoms with Gasteiger partial charge in [-0.15, -0.1) is 0 Å². The van der Waals surface area contributed by atoms with Crippen LogP contribution < -0.4 is 10.6 Å². The Morgan fingerprint density at radius 1 is 0.667 bits per heavy atom. The van der Waals surface area contributed by atoms with Gasteiger partial charge in [-0.05, 0) is 0 Å². The van der Waals surface area contributed by atoms with Crippen LogP contribution >= 0.6 is 0 Å². The van der Waals surface area contributed by atoms with Crippen molar-refractivity contribution in [3.8, 4) is 0 Å². The number of aliphatic hydroxyl groups excluding tert-OH is 13. The molecular weight excluding hydrogens is 908 g/mol. The first-order valence-electron chi connectivity index (χ1n) is 20.2. The van der Waals surface area contributed by atoms with Crippen molar-refractivity contribution in [3.63, 3.8) is 0 Å². The number of carbonyl (C=O) groups is 5. The fourth-order valence-corrected chi connectivity index (χ4v) is 7.94. The number of hydrogen-bond donors (Lipinski definition) is 17. The molecule has 0 saturated carbocycles. The van der Waals surface area contributed by atoms with Crippen molar-refractivity contribution < 1.29 is 138 Å². The van der Waals surface area contributed by atoms with Crippen molar-refractivity contribution in [1.82, 2.24) is 10.6 Å². The van der Waals surface area contributed by atoms with Crippen LogP contribution in [0.4, 0.5) is 0 Å². The van der Waals surface area contributed by atoms with Gasteiger partial charge in [0.15, 0.2) is 12.6 Å². The summed E-state index contributed by atoms with van der Waals surface area (Å²) in [6.45, 7) is -1.62. The lowest BCUT2D eigenvalue weighted by atomic mass is 9.87. The van der Waals surface area contributed by atoms with Gasteiger partial charge < -0.3 is 125 Å². The van der Waals surface area contributed by atoms with Crippen LogP contribution in [0.2, 0.25) is 0 Å². The summed E-state index contributed by atoms with van der Waals surface area (Å²) >= 11 is 0. The number of carboxylic acids is 2. The molecule has 0 aromatic carbocycles. The lowest BCUT2D eigenvalue weighted by molar-refractivity contribution is -0.387. The van der Waals surface area contributed by atoms with Crippen molar-refractivity contribution in [2.75, 3.05) is 26.4 Å². The molecule has 0 aromatic heterocycles. The summed E-state index contributed by atoms with van der Waals surface area (Å²) in [6.07, 6.45) is -41.1. The molecule has 66 heavy (non-hydrogen) atoms. The zero-order valence-electron chi connectivity index (χ0n) is 35.3. The molecule has 30 heteroatoms. The molecule has 0 unspecified atom stereocenters. The molecule has 4 aliphatic rings. The van der Waals surface area contributed by atoms with Gasteiger partial charge in [0.2, 0.25) is 11.8 Å². The number of amides is 2. The Balaban J connectivity index is 1.75. The number of hydrogen-bond acceptors (Lipinski definition) is 26. The quantitative estimate of drug-likeness (QED) is 0.0535. The van der Waals surface area contributed by atoms with E-state index >= 15 is 0 Å². The summed E-state index contributed by atoms with van der Waals surface area (Å²) in [6, 6.07) is -3.60. The summed E-state index contributed by atoms with van der Waals surface area (Å²) in [5.41, 5.74) is 0. The Morgan fingerprint density at radius 3 is 1.68 bits per heavy atom. The fraction of sp³-hybridized carbons (Fsp3) is 0.861. The highest BCUT2D eigenvalue weighted by Gasteiger charge is 2.62. The second-order valence-electron chi connectivity index (χ2n) is 16.1. The minimum Gasteiger partial charge on any atom is -0.477 e. The van der Waals surface area contributed by atoms with Gasteiger partial charge in [0.1, 0.15) is 92.1 Å². The normalized spacial score (nSPS) is 41.4. The van der Waals surface area contributed by atoms with Gasteiger partial charge in [-0.2, -0.15) is 0 Å². The molecular formula is C36H58N2O28. The Hall–Kier alpha value is -3.45. The standard InChI is InChI=1S/C36H58N2O28/c1-10(42)37-19-13(45)4-35(33(55)56,64-28(19)21(48)15(47)6-39)63-16(7-40)22(49)29-20(38-11(2)43)14(46)5-36(65-29,34(57)58)66-30-23(50)18(9-59-12(3)44)61-32(26(30)53)62-27-17(8-41)60-31(54)25(52)24(27)51/h13-32,39-41,45-54H,4-9H2,1-3H3,(H,37,42)(H,38,43)(H,55,56)(H,57,58)/t13-,14-,15+,16+,17+,18+,19+,20+,21+,22+,23-,24+,25+,26+,27+,28+,29+,30-,31+,32-,35+,36-/m0/s1. The van der Waals surface area contributed by atoms with Crippen LogP contribution in [0.5, 0.6) is 0 Å². The van der Waals surface area contributed by atoms with Gasteiger partial charge in [0.05, 0.1) is 44.1 Å². The van der Waals surface area contributed by atoms with Crippen molar-refractivity contribution in [2.45, 2.75) is 168 Å². The summed E-state index contributed by atoms with van der Waals surface area (Å²) in [5.74, 6) is -13.7. The van der Waals surface area contributed by atoms with Crippen LogP contribution in [0.25, 0.3) is 0 Å². The molecule has 22 atom stereocenters. The Morgan fingerprint density at radius 2 is 1.20 bits per heavy atom. The number of ether oxygens (including phenoxy) is 8. The van der Waals surface area contributed by atoms with E-state index in [1.807, 2.05) is 0 Å². The highest BCUT2D eigenvalue weighted by atomic mass is 16.8. The van der Waals surface area contributed by atoms with Crippen molar-refractivity contribution >= 4 is 29.7 Å². The third kappa shape index (κ3) is 12.0. The van der Waals surface area contributed by atoms with Gasteiger partial charge in [-0.25, -0.2) is 9.59 Å². The lowest BCUT2D eigenvalue weighted by Gasteiger charge is -2.51. The molecule has 4 saturated heterocycles. The minimum atomic E-state index is -3.37. The van der Waals surface area contributed by atoms with Gasteiger partial charge >= 0.3 is 17.9 Å². The van der Waals surface area contributed by atoms with E-state index in [1.165, 1.54) is 0 Å². The van der Waals surface area contributed by atoms with Crippen LogP contribution in [-0.2, 0) is 61.9 Å². The monoisotopic (exact) mass is 966 g/mol. The van der Waals surface area contributed by atoms with E-state index in [9.17, 15) is 101 Å². The highest BCUT2D eigenvalue weighted by Crippen LogP contribution is 2.40. The van der Waals surface area contributed by atoms with Crippen LogP contribution in [0, 0.1) is 0 Å². The zero-order chi connectivity index (χ0) is 49.7. The first-order valence-corrected chi connectivity index (χ1v) is 20.2. The molecule has 0 aromatic rings. The van der Waals surface area contributed by atoms with E-state index < -0.39 is 203 Å². The van der Waals surface area contributed by atoms with Gasteiger partial charge in [-0.1, -0.05) is 0 Å².